The molecule has 0 fully saturated rings. The Balaban J connectivity index is 3.37. The molecule has 0 heterocycles. The maximum Gasteiger partial charge on any atom is 0.184 e. The van der Waals surface area contributed by atoms with E-state index < -0.39 is 14.6 Å². The summed E-state index contributed by atoms with van der Waals surface area (Å²) in [7, 11) is -3.35. The molecule has 0 aliphatic carbocycles. The summed E-state index contributed by atoms with van der Waals surface area (Å²) in [5, 5.41) is 0.291. The van der Waals surface area contributed by atoms with Crippen molar-refractivity contribution in [2.75, 3.05) is 0 Å². The van der Waals surface area contributed by atoms with Gasteiger partial charge in [-0.3, -0.25) is 0 Å². The summed E-state index contributed by atoms with van der Waals surface area (Å²) >= 11 is 5.89. The molecule has 1 rings (SSSR count). The van der Waals surface area contributed by atoms with Crippen molar-refractivity contribution in [3.8, 4) is 0 Å². The third-order valence-corrected chi connectivity index (χ3v) is 5.83. The molecule has 84 valence electrons. The molecule has 15 heavy (non-hydrogen) atoms. The van der Waals surface area contributed by atoms with Crippen LogP contribution in [0.15, 0.2) is 29.2 Å². The molecule has 0 saturated carbocycles. The quantitative estimate of drug-likeness (QED) is 0.820. The molecule has 1 aromatic rings. The van der Waals surface area contributed by atoms with Crippen molar-refractivity contribution in [1.29, 1.82) is 0 Å². The minimum Gasteiger partial charge on any atom is -0.223 e. The number of halogens is 1. The Bertz CT molecular complexity index is 449. The summed E-state index contributed by atoms with van der Waals surface area (Å²) in [5.74, 6) is 0. The summed E-state index contributed by atoms with van der Waals surface area (Å²) in [6, 6.07) is 6.56. The Morgan fingerprint density at radius 1 is 1.27 bits per heavy atom. The van der Waals surface area contributed by atoms with Gasteiger partial charge in [0.15, 0.2) is 9.84 Å². The van der Waals surface area contributed by atoms with E-state index in [4.69, 9.17) is 11.6 Å². The fourth-order valence-electron chi connectivity index (χ4n) is 1.15. The van der Waals surface area contributed by atoms with Gasteiger partial charge >= 0.3 is 0 Å². The zero-order chi connectivity index (χ0) is 11.7. The van der Waals surface area contributed by atoms with E-state index in [2.05, 4.69) is 0 Å². The van der Waals surface area contributed by atoms with E-state index in [1.807, 2.05) is 6.92 Å². The maximum absolute atomic E-state index is 12.2. The molecular weight excluding hydrogens is 232 g/mol. The second-order valence-electron chi connectivity index (χ2n) is 4.05. The Kier molecular flexibility index (Phi) is 3.46. The smallest absolute Gasteiger partial charge is 0.184 e. The predicted molar refractivity (Wildman–Crippen MR) is 63.0 cm³/mol. The van der Waals surface area contributed by atoms with E-state index in [1.165, 1.54) is 0 Å². The first-order valence-electron chi connectivity index (χ1n) is 4.82. The van der Waals surface area contributed by atoms with Crippen LogP contribution in [0.25, 0.3) is 0 Å². The average Bonchev–Trinajstić information content (AvgIpc) is 2.18. The van der Waals surface area contributed by atoms with Crippen molar-refractivity contribution in [2.24, 2.45) is 0 Å². The SMILES string of the molecule is CCC(C)(C)S(=O)(=O)c1ccccc1Cl. The van der Waals surface area contributed by atoms with Crippen molar-refractivity contribution in [2.45, 2.75) is 36.8 Å². The molecule has 0 aliphatic rings. The number of hydrogen-bond donors (Lipinski definition) is 0. The third-order valence-electron chi connectivity index (χ3n) is 2.71. The van der Waals surface area contributed by atoms with Crippen molar-refractivity contribution < 1.29 is 8.42 Å². The van der Waals surface area contributed by atoms with Crippen LogP contribution in [0.5, 0.6) is 0 Å². The molecule has 4 heteroatoms. The minimum atomic E-state index is -3.35. The van der Waals surface area contributed by atoms with E-state index in [9.17, 15) is 8.42 Å². The fourth-order valence-corrected chi connectivity index (χ4v) is 3.15. The van der Waals surface area contributed by atoms with Crippen LogP contribution in [0.2, 0.25) is 5.02 Å². The largest absolute Gasteiger partial charge is 0.223 e. The summed E-state index contributed by atoms with van der Waals surface area (Å²) in [6.45, 7) is 5.28. The second-order valence-corrected chi connectivity index (χ2v) is 7.01. The molecule has 0 saturated heterocycles. The number of sulfone groups is 1. The number of benzene rings is 1. The van der Waals surface area contributed by atoms with Crippen molar-refractivity contribution >= 4 is 21.4 Å². The maximum atomic E-state index is 12.2. The topological polar surface area (TPSA) is 34.1 Å². The van der Waals surface area contributed by atoms with Gasteiger partial charge in [0, 0.05) is 0 Å². The first-order chi connectivity index (χ1) is 6.83. The van der Waals surface area contributed by atoms with E-state index in [0.29, 0.717) is 11.4 Å². The molecule has 0 amide bonds. The third kappa shape index (κ3) is 2.18. The van der Waals surface area contributed by atoms with Crippen LogP contribution in [0, 0.1) is 0 Å². The molecule has 0 atom stereocenters. The highest BCUT2D eigenvalue weighted by Crippen LogP contribution is 2.32. The summed E-state index contributed by atoms with van der Waals surface area (Å²) in [6.07, 6.45) is 0.556. The van der Waals surface area contributed by atoms with Gasteiger partial charge in [-0.15, -0.1) is 0 Å². The molecule has 2 nitrogen and oxygen atoms in total. The van der Waals surface area contributed by atoms with E-state index >= 15 is 0 Å². The number of hydrogen-bond acceptors (Lipinski definition) is 2. The van der Waals surface area contributed by atoms with Gasteiger partial charge in [-0.2, -0.15) is 0 Å². The van der Waals surface area contributed by atoms with Crippen molar-refractivity contribution in [1.82, 2.24) is 0 Å². The van der Waals surface area contributed by atoms with Crippen LogP contribution in [-0.2, 0) is 9.84 Å². The highest BCUT2D eigenvalue weighted by molar-refractivity contribution is 7.92. The molecule has 0 aromatic heterocycles. The van der Waals surface area contributed by atoms with Crippen LogP contribution in [0.4, 0.5) is 0 Å². The Morgan fingerprint density at radius 3 is 2.27 bits per heavy atom. The lowest BCUT2D eigenvalue weighted by Crippen LogP contribution is -2.31. The standard InChI is InChI=1S/C11H15ClO2S/c1-4-11(2,3)15(13,14)10-8-6-5-7-9(10)12/h5-8H,4H2,1-3H3. The monoisotopic (exact) mass is 246 g/mol. The van der Waals surface area contributed by atoms with Gasteiger partial charge in [0.1, 0.15) is 0 Å². The van der Waals surface area contributed by atoms with Crippen LogP contribution in [-0.4, -0.2) is 13.2 Å². The molecular formula is C11H15ClO2S. The lowest BCUT2D eigenvalue weighted by Gasteiger charge is -2.23. The molecule has 0 spiro atoms. The van der Waals surface area contributed by atoms with Gasteiger partial charge in [-0.25, -0.2) is 8.42 Å². The zero-order valence-corrected chi connectivity index (χ0v) is 10.7. The highest BCUT2D eigenvalue weighted by Gasteiger charge is 2.35. The molecule has 0 aliphatic heterocycles. The minimum absolute atomic E-state index is 0.221. The molecule has 0 radical (unpaired) electrons. The zero-order valence-electron chi connectivity index (χ0n) is 9.12. The normalized spacial score (nSPS) is 12.8. The van der Waals surface area contributed by atoms with E-state index in [0.717, 1.165) is 0 Å². The average molecular weight is 247 g/mol. The molecule has 0 N–H and O–H groups in total. The first-order valence-corrected chi connectivity index (χ1v) is 6.68. The summed E-state index contributed by atoms with van der Waals surface area (Å²) in [4.78, 5) is 0.221. The van der Waals surface area contributed by atoms with Crippen LogP contribution < -0.4 is 0 Å². The van der Waals surface area contributed by atoms with Crippen LogP contribution in [0.1, 0.15) is 27.2 Å². The van der Waals surface area contributed by atoms with Gasteiger partial charge in [0.05, 0.1) is 14.7 Å². The molecule has 0 bridgehead atoms. The van der Waals surface area contributed by atoms with Gasteiger partial charge in [0.2, 0.25) is 0 Å². The second kappa shape index (κ2) is 4.14. The van der Waals surface area contributed by atoms with Crippen LogP contribution in [0.3, 0.4) is 0 Å². The Morgan fingerprint density at radius 2 is 1.80 bits per heavy atom. The molecule has 0 unspecified atom stereocenters. The van der Waals surface area contributed by atoms with Gasteiger partial charge in [-0.1, -0.05) is 30.7 Å². The van der Waals surface area contributed by atoms with Crippen LogP contribution >= 0.6 is 11.6 Å². The Labute approximate surface area is 96.2 Å². The molecule has 1 aromatic carbocycles. The van der Waals surface area contributed by atoms with Gasteiger partial charge < -0.3 is 0 Å². The predicted octanol–water partition coefficient (Wildman–Crippen LogP) is 3.30. The van der Waals surface area contributed by atoms with E-state index in [1.54, 1.807) is 38.1 Å². The first kappa shape index (κ1) is 12.5. The van der Waals surface area contributed by atoms with Gasteiger partial charge in [-0.05, 0) is 32.4 Å². The van der Waals surface area contributed by atoms with Crippen molar-refractivity contribution in [3.63, 3.8) is 0 Å². The summed E-state index contributed by atoms with van der Waals surface area (Å²) < 4.78 is 23.7. The lowest BCUT2D eigenvalue weighted by atomic mass is 10.1. The summed E-state index contributed by atoms with van der Waals surface area (Å²) in [5.41, 5.74) is 0. The Hall–Kier alpha value is -0.540. The lowest BCUT2D eigenvalue weighted by molar-refractivity contribution is 0.538. The van der Waals surface area contributed by atoms with Gasteiger partial charge in [0.25, 0.3) is 0 Å². The number of rotatable bonds is 3. The van der Waals surface area contributed by atoms with Crippen molar-refractivity contribution in [3.05, 3.63) is 29.3 Å². The highest BCUT2D eigenvalue weighted by atomic mass is 35.5. The van der Waals surface area contributed by atoms with E-state index in [-0.39, 0.29) is 4.90 Å². The fraction of sp³-hybridized carbons (Fsp3) is 0.455.